The largest absolute Gasteiger partial charge is 0.481 e. The molecule has 2 heterocycles. The Hall–Kier alpha value is -2.12. The molecule has 1 fully saturated rings. The predicted octanol–water partition coefficient (Wildman–Crippen LogP) is 0.817. The molecule has 2 rings (SSSR count). The highest BCUT2D eigenvalue weighted by Gasteiger charge is 2.39. The molecule has 1 unspecified atom stereocenters. The van der Waals surface area contributed by atoms with Gasteiger partial charge in [0.25, 0.3) is 0 Å². The number of carbonyl (C=O) groups excluding carboxylic acids is 1. The van der Waals surface area contributed by atoms with Gasteiger partial charge in [0, 0.05) is 26.1 Å². The lowest BCUT2D eigenvalue weighted by molar-refractivity contribution is -0.150. The molecular weight excluding hydrogens is 276 g/mol. The van der Waals surface area contributed by atoms with Crippen molar-refractivity contribution in [3.05, 3.63) is 11.7 Å². The fourth-order valence-corrected chi connectivity index (χ4v) is 2.42. The van der Waals surface area contributed by atoms with Crippen LogP contribution in [0.15, 0.2) is 4.52 Å². The third-order valence-electron chi connectivity index (χ3n) is 3.68. The molecule has 0 radical (unpaired) electrons. The molecule has 1 aliphatic heterocycles. The van der Waals surface area contributed by atoms with Crippen LogP contribution < -0.4 is 5.32 Å². The van der Waals surface area contributed by atoms with Crippen LogP contribution in [0.2, 0.25) is 0 Å². The van der Waals surface area contributed by atoms with E-state index in [9.17, 15) is 14.7 Å². The molecular formula is C13H20N4O4. The number of piperidine rings is 1. The molecule has 21 heavy (non-hydrogen) atoms. The van der Waals surface area contributed by atoms with Gasteiger partial charge in [-0.15, -0.1) is 0 Å². The summed E-state index contributed by atoms with van der Waals surface area (Å²) in [5.74, 6) is 0.174. The number of nitrogens with zero attached hydrogens (tertiary/aromatic N) is 3. The second kappa shape index (κ2) is 6.11. The summed E-state index contributed by atoms with van der Waals surface area (Å²) >= 11 is 0. The summed E-state index contributed by atoms with van der Waals surface area (Å²) in [5, 5.41) is 15.7. The Morgan fingerprint density at radius 1 is 1.52 bits per heavy atom. The number of carboxylic acid groups (broad SMARTS) is 1. The molecule has 0 spiro atoms. The number of carboxylic acids is 1. The quantitative estimate of drug-likeness (QED) is 0.851. The number of aliphatic carboxylic acids is 1. The summed E-state index contributed by atoms with van der Waals surface area (Å²) in [6.07, 6.45) is 1.74. The van der Waals surface area contributed by atoms with Crippen LogP contribution in [0.5, 0.6) is 0 Å². The first kappa shape index (κ1) is 15.3. The molecule has 1 aromatic heterocycles. The molecule has 8 nitrogen and oxygen atoms in total. The van der Waals surface area contributed by atoms with Crippen molar-refractivity contribution in [1.29, 1.82) is 0 Å². The highest BCUT2D eigenvalue weighted by molar-refractivity contribution is 5.78. The number of aryl methyl sites for hydroxylation is 1. The van der Waals surface area contributed by atoms with Crippen molar-refractivity contribution in [2.75, 3.05) is 19.6 Å². The zero-order valence-electron chi connectivity index (χ0n) is 12.3. The first-order chi connectivity index (χ1) is 9.90. The number of hydrogen-bond acceptors (Lipinski definition) is 5. The van der Waals surface area contributed by atoms with Crippen LogP contribution in [0.3, 0.4) is 0 Å². The lowest BCUT2D eigenvalue weighted by atomic mass is 9.82. The predicted molar refractivity (Wildman–Crippen MR) is 72.7 cm³/mol. The van der Waals surface area contributed by atoms with E-state index in [2.05, 4.69) is 15.5 Å². The van der Waals surface area contributed by atoms with Crippen molar-refractivity contribution in [2.45, 2.75) is 33.1 Å². The van der Waals surface area contributed by atoms with Crippen molar-refractivity contribution < 1.29 is 19.2 Å². The molecule has 0 bridgehead atoms. The van der Waals surface area contributed by atoms with E-state index in [1.54, 1.807) is 18.7 Å². The summed E-state index contributed by atoms with van der Waals surface area (Å²) in [7, 11) is 0. The van der Waals surface area contributed by atoms with E-state index in [0.29, 0.717) is 44.1 Å². The van der Waals surface area contributed by atoms with Crippen LogP contribution in [-0.2, 0) is 11.2 Å². The zero-order chi connectivity index (χ0) is 15.5. The van der Waals surface area contributed by atoms with Crippen LogP contribution in [-0.4, -0.2) is 51.8 Å². The normalized spacial score (nSPS) is 22.1. The number of nitrogens with one attached hydrogen (secondary N) is 1. The van der Waals surface area contributed by atoms with Crippen molar-refractivity contribution >= 4 is 12.0 Å². The Labute approximate surface area is 122 Å². The molecule has 1 aromatic rings. The third-order valence-corrected chi connectivity index (χ3v) is 3.68. The number of likely N-dealkylation sites (tertiary alicyclic amines) is 1. The fraction of sp³-hybridized carbons (Fsp3) is 0.692. The molecule has 1 atom stereocenters. The van der Waals surface area contributed by atoms with Crippen LogP contribution in [0.4, 0.5) is 4.79 Å². The molecule has 1 aliphatic rings. The second-order valence-electron chi connectivity index (χ2n) is 5.61. The van der Waals surface area contributed by atoms with Gasteiger partial charge in [-0.2, -0.15) is 4.98 Å². The maximum atomic E-state index is 12.1. The minimum Gasteiger partial charge on any atom is -0.481 e. The van der Waals surface area contributed by atoms with Gasteiger partial charge in [-0.05, 0) is 26.7 Å². The smallest absolute Gasteiger partial charge is 0.317 e. The van der Waals surface area contributed by atoms with Gasteiger partial charge in [-0.3, -0.25) is 4.79 Å². The van der Waals surface area contributed by atoms with Gasteiger partial charge in [0.15, 0.2) is 5.82 Å². The van der Waals surface area contributed by atoms with E-state index in [1.165, 1.54) is 0 Å². The monoisotopic (exact) mass is 296 g/mol. The Balaban J connectivity index is 1.81. The van der Waals surface area contributed by atoms with Crippen LogP contribution >= 0.6 is 0 Å². The third kappa shape index (κ3) is 3.71. The molecule has 116 valence electrons. The van der Waals surface area contributed by atoms with E-state index >= 15 is 0 Å². The Bertz CT molecular complexity index is 530. The molecule has 1 saturated heterocycles. The second-order valence-corrected chi connectivity index (χ2v) is 5.61. The number of aromatic nitrogens is 2. The van der Waals surface area contributed by atoms with Gasteiger partial charge in [-0.25, -0.2) is 4.79 Å². The lowest BCUT2D eigenvalue weighted by Gasteiger charge is -2.37. The van der Waals surface area contributed by atoms with Crippen LogP contribution in [0, 0.1) is 12.3 Å². The van der Waals surface area contributed by atoms with Gasteiger partial charge in [0.05, 0.1) is 5.41 Å². The van der Waals surface area contributed by atoms with Gasteiger partial charge >= 0.3 is 12.0 Å². The minimum atomic E-state index is -0.862. The van der Waals surface area contributed by atoms with Crippen LogP contribution in [0.25, 0.3) is 0 Å². The van der Waals surface area contributed by atoms with E-state index in [4.69, 9.17) is 4.52 Å². The average Bonchev–Trinajstić information content (AvgIpc) is 2.84. The van der Waals surface area contributed by atoms with Gasteiger partial charge in [0.2, 0.25) is 5.89 Å². The standard InChI is InChI=1S/C13H20N4O4/c1-9-15-10(21-16-9)4-6-14-12(20)17-7-3-5-13(2,8-17)11(18)19/h3-8H2,1-2H3,(H,14,20)(H,18,19). The molecule has 2 amide bonds. The van der Waals surface area contributed by atoms with E-state index in [1.807, 2.05) is 0 Å². The summed E-state index contributed by atoms with van der Waals surface area (Å²) in [6, 6.07) is -0.251. The Kier molecular flexibility index (Phi) is 4.44. The van der Waals surface area contributed by atoms with Crippen molar-refractivity contribution in [1.82, 2.24) is 20.4 Å². The van der Waals surface area contributed by atoms with Crippen molar-refractivity contribution in [2.24, 2.45) is 5.41 Å². The minimum absolute atomic E-state index is 0.230. The average molecular weight is 296 g/mol. The summed E-state index contributed by atoms with van der Waals surface area (Å²) in [5.41, 5.74) is -0.862. The molecule has 0 saturated carbocycles. The summed E-state index contributed by atoms with van der Waals surface area (Å²) < 4.78 is 4.95. The topological polar surface area (TPSA) is 109 Å². The lowest BCUT2D eigenvalue weighted by Crippen LogP contribution is -2.51. The first-order valence-corrected chi connectivity index (χ1v) is 6.96. The first-order valence-electron chi connectivity index (χ1n) is 6.96. The molecule has 2 N–H and O–H groups in total. The summed E-state index contributed by atoms with van der Waals surface area (Å²) in [4.78, 5) is 28.9. The van der Waals surface area contributed by atoms with Gasteiger partial charge in [-0.1, -0.05) is 5.16 Å². The highest BCUT2D eigenvalue weighted by Crippen LogP contribution is 2.29. The fourth-order valence-electron chi connectivity index (χ4n) is 2.42. The Morgan fingerprint density at radius 2 is 2.29 bits per heavy atom. The maximum absolute atomic E-state index is 12.1. The molecule has 8 heteroatoms. The molecule has 0 aliphatic carbocycles. The number of amides is 2. The Morgan fingerprint density at radius 3 is 2.90 bits per heavy atom. The van der Waals surface area contributed by atoms with E-state index in [0.717, 1.165) is 0 Å². The zero-order valence-corrected chi connectivity index (χ0v) is 12.3. The number of urea groups is 1. The van der Waals surface area contributed by atoms with Crippen LogP contribution in [0.1, 0.15) is 31.5 Å². The molecule has 0 aromatic carbocycles. The van der Waals surface area contributed by atoms with Gasteiger partial charge in [0.1, 0.15) is 0 Å². The number of rotatable bonds is 4. The summed E-state index contributed by atoms with van der Waals surface area (Å²) in [6.45, 7) is 4.59. The van der Waals surface area contributed by atoms with Crippen molar-refractivity contribution in [3.8, 4) is 0 Å². The SMILES string of the molecule is Cc1noc(CCNC(=O)N2CCCC(C)(C(=O)O)C2)n1. The van der Waals surface area contributed by atoms with E-state index in [-0.39, 0.29) is 12.6 Å². The van der Waals surface area contributed by atoms with Crippen molar-refractivity contribution in [3.63, 3.8) is 0 Å². The van der Waals surface area contributed by atoms with Gasteiger partial charge < -0.3 is 19.8 Å². The maximum Gasteiger partial charge on any atom is 0.317 e. The number of carbonyl (C=O) groups is 2. The number of hydrogen-bond donors (Lipinski definition) is 2. The highest BCUT2D eigenvalue weighted by atomic mass is 16.5. The van der Waals surface area contributed by atoms with E-state index < -0.39 is 11.4 Å².